The van der Waals surface area contributed by atoms with E-state index in [0.29, 0.717) is 0 Å². The van der Waals surface area contributed by atoms with Gasteiger partial charge >= 0.3 is 0 Å². The van der Waals surface area contributed by atoms with Gasteiger partial charge in [-0.05, 0) is 12.8 Å². The van der Waals surface area contributed by atoms with Crippen molar-refractivity contribution in [2.24, 2.45) is 5.92 Å². The normalized spacial score (nSPS) is 15.6. The molecule has 0 fully saturated rings. The van der Waals surface area contributed by atoms with Crippen molar-refractivity contribution >= 4 is 0 Å². The Labute approximate surface area is 73.4 Å². The molecule has 0 saturated carbocycles. The Hall–Kier alpha value is -0.380. The van der Waals surface area contributed by atoms with Crippen LogP contribution in [0.5, 0.6) is 0 Å². The molecule has 0 aromatic rings. The molecule has 0 bridgehead atoms. The number of aliphatic hydroxyl groups excluding tert-OH is 3. The molecule has 0 heterocycles. The van der Waals surface area contributed by atoms with Crippen molar-refractivity contribution in [2.45, 2.75) is 25.4 Å². The summed E-state index contributed by atoms with van der Waals surface area (Å²) in [5, 5.41) is 26.4. The quantitative estimate of drug-likeness (QED) is 0.384. The third-order valence-corrected chi connectivity index (χ3v) is 1.93. The zero-order valence-corrected chi connectivity index (χ0v) is 7.32. The molecule has 0 radical (unpaired) electrons. The highest BCUT2D eigenvalue weighted by Crippen LogP contribution is 2.13. The first-order valence-electron chi connectivity index (χ1n) is 4.28. The van der Waals surface area contributed by atoms with Gasteiger partial charge in [-0.25, -0.2) is 0 Å². The number of unbranched alkanes of at least 4 members (excludes halogenated alkanes) is 1. The van der Waals surface area contributed by atoms with Gasteiger partial charge in [0.15, 0.2) is 0 Å². The van der Waals surface area contributed by atoms with E-state index >= 15 is 0 Å². The average Bonchev–Trinajstić information content (AvgIpc) is 2.11. The molecular weight excluding hydrogens is 156 g/mol. The smallest absolute Gasteiger partial charge is 0.0833 e. The van der Waals surface area contributed by atoms with Crippen molar-refractivity contribution in [3.63, 3.8) is 0 Å². The van der Waals surface area contributed by atoms with Gasteiger partial charge < -0.3 is 15.3 Å². The van der Waals surface area contributed by atoms with Gasteiger partial charge in [0.2, 0.25) is 0 Å². The standard InChI is InChI=1S/C9H18O3/c1-2-8(9(12)7-11)5-3-4-6-10/h2,8-12H,1,3-7H2. The maximum absolute atomic E-state index is 9.23. The Morgan fingerprint density at radius 1 is 1.25 bits per heavy atom. The van der Waals surface area contributed by atoms with E-state index in [9.17, 15) is 5.11 Å². The zero-order chi connectivity index (χ0) is 9.40. The molecule has 72 valence electrons. The van der Waals surface area contributed by atoms with Gasteiger partial charge in [0.1, 0.15) is 0 Å². The van der Waals surface area contributed by atoms with E-state index in [-0.39, 0.29) is 19.1 Å². The van der Waals surface area contributed by atoms with E-state index in [2.05, 4.69) is 6.58 Å². The summed E-state index contributed by atoms with van der Waals surface area (Å²) in [6.45, 7) is 3.53. The predicted molar refractivity (Wildman–Crippen MR) is 47.7 cm³/mol. The lowest BCUT2D eigenvalue weighted by molar-refractivity contribution is 0.0590. The zero-order valence-electron chi connectivity index (χ0n) is 7.32. The molecule has 0 amide bonds. The molecule has 12 heavy (non-hydrogen) atoms. The second-order valence-corrected chi connectivity index (χ2v) is 2.87. The Kier molecular flexibility index (Phi) is 7.05. The molecule has 3 N–H and O–H groups in total. The van der Waals surface area contributed by atoms with Gasteiger partial charge in [-0.3, -0.25) is 0 Å². The molecule has 3 heteroatoms. The Bertz CT molecular complexity index is 114. The second-order valence-electron chi connectivity index (χ2n) is 2.87. The maximum Gasteiger partial charge on any atom is 0.0833 e. The Morgan fingerprint density at radius 3 is 2.33 bits per heavy atom. The Balaban J connectivity index is 3.59. The minimum atomic E-state index is -0.707. The average molecular weight is 174 g/mol. The number of aliphatic hydroxyl groups is 3. The summed E-state index contributed by atoms with van der Waals surface area (Å²) in [5.41, 5.74) is 0. The summed E-state index contributed by atoms with van der Waals surface area (Å²) in [6.07, 6.45) is 3.30. The summed E-state index contributed by atoms with van der Waals surface area (Å²) in [4.78, 5) is 0. The van der Waals surface area contributed by atoms with E-state index in [1.54, 1.807) is 6.08 Å². The van der Waals surface area contributed by atoms with Gasteiger partial charge in [-0.15, -0.1) is 6.58 Å². The van der Waals surface area contributed by atoms with E-state index in [1.165, 1.54) is 0 Å². The molecule has 0 rings (SSSR count). The number of hydrogen-bond acceptors (Lipinski definition) is 3. The SMILES string of the molecule is C=CC(CCCCO)C(O)CO. The van der Waals surface area contributed by atoms with E-state index in [0.717, 1.165) is 19.3 Å². The fourth-order valence-corrected chi connectivity index (χ4v) is 1.09. The van der Waals surface area contributed by atoms with Crippen molar-refractivity contribution in [1.29, 1.82) is 0 Å². The van der Waals surface area contributed by atoms with E-state index in [1.807, 2.05) is 0 Å². The highest BCUT2D eigenvalue weighted by molar-refractivity contribution is 4.84. The third kappa shape index (κ3) is 4.49. The van der Waals surface area contributed by atoms with Crippen molar-refractivity contribution < 1.29 is 15.3 Å². The molecule has 0 saturated heterocycles. The lowest BCUT2D eigenvalue weighted by atomic mass is 9.96. The molecule has 0 aliphatic carbocycles. The van der Waals surface area contributed by atoms with Crippen LogP contribution in [0.4, 0.5) is 0 Å². The van der Waals surface area contributed by atoms with Crippen LogP contribution >= 0.6 is 0 Å². The van der Waals surface area contributed by atoms with Crippen molar-refractivity contribution in [1.82, 2.24) is 0 Å². The van der Waals surface area contributed by atoms with Crippen LogP contribution in [0.15, 0.2) is 12.7 Å². The summed E-state index contributed by atoms with van der Waals surface area (Å²) >= 11 is 0. The number of hydrogen-bond donors (Lipinski definition) is 3. The molecule has 0 aliphatic heterocycles. The first kappa shape index (κ1) is 11.6. The van der Waals surface area contributed by atoms with Crippen molar-refractivity contribution in [2.75, 3.05) is 13.2 Å². The molecule has 0 aliphatic rings. The van der Waals surface area contributed by atoms with Crippen molar-refractivity contribution in [3.05, 3.63) is 12.7 Å². The van der Waals surface area contributed by atoms with Crippen LogP contribution in [0.1, 0.15) is 19.3 Å². The van der Waals surface area contributed by atoms with Crippen LogP contribution in [0.3, 0.4) is 0 Å². The third-order valence-electron chi connectivity index (χ3n) is 1.93. The summed E-state index contributed by atoms with van der Waals surface area (Å²) in [7, 11) is 0. The fourth-order valence-electron chi connectivity index (χ4n) is 1.09. The molecule has 2 unspecified atom stereocenters. The van der Waals surface area contributed by atoms with Gasteiger partial charge in [0.25, 0.3) is 0 Å². The largest absolute Gasteiger partial charge is 0.396 e. The fraction of sp³-hybridized carbons (Fsp3) is 0.778. The highest BCUT2D eigenvalue weighted by atomic mass is 16.3. The summed E-state index contributed by atoms with van der Waals surface area (Å²) in [5.74, 6) is -0.0541. The lowest BCUT2D eigenvalue weighted by Crippen LogP contribution is -2.22. The highest BCUT2D eigenvalue weighted by Gasteiger charge is 2.13. The van der Waals surface area contributed by atoms with Crippen LogP contribution in [0.2, 0.25) is 0 Å². The molecule has 0 aromatic carbocycles. The second kappa shape index (κ2) is 7.28. The van der Waals surface area contributed by atoms with Gasteiger partial charge in [0.05, 0.1) is 12.7 Å². The Morgan fingerprint density at radius 2 is 1.92 bits per heavy atom. The summed E-state index contributed by atoms with van der Waals surface area (Å²) in [6, 6.07) is 0. The van der Waals surface area contributed by atoms with Crippen molar-refractivity contribution in [3.8, 4) is 0 Å². The first-order chi connectivity index (χ1) is 5.76. The number of rotatable bonds is 7. The molecular formula is C9H18O3. The molecule has 0 aromatic heterocycles. The monoisotopic (exact) mass is 174 g/mol. The van der Waals surface area contributed by atoms with Crippen LogP contribution in [0, 0.1) is 5.92 Å². The van der Waals surface area contributed by atoms with Gasteiger partial charge in [-0.2, -0.15) is 0 Å². The van der Waals surface area contributed by atoms with Crippen LogP contribution in [0.25, 0.3) is 0 Å². The van der Waals surface area contributed by atoms with E-state index < -0.39 is 6.10 Å². The molecule has 2 atom stereocenters. The van der Waals surface area contributed by atoms with Gasteiger partial charge in [0, 0.05) is 12.5 Å². The molecule has 0 spiro atoms. The molecule has 3 nitrogen and oxygen atoms in total. The van der Waals surface area contributed by atoms with Gasteiger partial charge in [-0.1, -0.05) is 12.5 Å². The topological polar surface area (TPSA) is 60.7 Å². The summed E-state index contributed by atoms with van der Waals surface area (Å²) < 4.78 is 0. The predicted octanol–water partition coefficient (Wildman–Crippen LogP) is 0.304. The minimum absolute atomic E-state index is 0.0541. The van der Waals surface area contributed by atoms with Crippen LogP contribution in [-0.2, 0) is 0 Å². The van der Waals surface area contributed by atoms with Crippen LogP contribution < -0.4 is 0 Å². The van der Waals surface area contributed by atoms with Crippen LogP contribution in [-0.4, -0.2) is 34.6 Å². The van der Waals surface area contributed by atoms with E-state index in [4.69, 9.17) is 10.2 Å². The first-order valence-corrected chi connectivity index (χ1v) is 4.28. The maximum atomic E-state index is 9.23. The lowest BCUT2D eigenvalue weighted by Gasteiger charge is -2.16. The minimum Gasteiger partial charge on any atom is -0.396 e.